The van der Waals surface area contributed by atoms with Crippen molar-refractivity contribution >= 4 is 5.97 Å². The molecule has 5 nitrogen and oxygen atoms in total. The predicted octanol–water partition coefficient (Wildman–Crippen LogP) is 8.09. The summed E-state index contributed by atoms with van der Waals surface area (Å²) >= 11 is 0. The smallest absolute Gasteiger partial charge is 0.311 e. The zero-order chi connectivity index (χ0) is 27.1. The van der Waals surface area contributed by atoms with E-state index in [0.717, 1.165) is 54.8 Å². The number of nitrogens with zero attached hydrogens (tertiary/aromatic N) is 2. The molecule has 0 aliphatic carbocycles. The number of esters is 1. The fourth-order valence-electron chi connectivity index (χ4n) is 6.05. The van der Waals surface area contributed by atoms with Crippen LogP contribution in [0.4, 0.5) is 0 Å². The van der Waals surface area contributed by atoms with Crippen LogP contribution >= 0.6 is 0 Å². The van der Waals surface area contributed by atoms with Crippen molar-refractivity contribution in [3.8, 4) is 22.6 Å². The number of aromatic nitrogens is 1. The van der Waals surface area contributed by atoms with E-state index in [2.05, 4.69) is 56.6 Å². The lowest BCUT2D eigenvalue weighted by atomic mass is 9.86. The molecule has 3 heterocycles. The van der Waals surface area contributed by atoms with Crippen LogP contribution in [0.15, 0.2) is 30.6 Å². The predicted molar refractivity (Wildman–Crippen MR) is 155 cm³/mol. The van der Waals surface area contributed by atoms with Crippen LogP contribution in [0.2, 0.25) is 0 Å². The summed E-state index contributed by atoms with van der Waals surface area (Å²) in [7, 11) is 0. The number of hydrogen-bond donors (Lipinski definition) is 0. The molecule has 5 heteroatoms. The second-order valence-corrected chi connectivity index (χ2v) is 12.1. The van der Waals surface area contributed by atoms with E-state index in [4.69, 9.17) is 9.47 Å². The molecule has 0 saturated carbocycles. The Bertz CT molecular complexity index is 1080. The van der Waals surface area contributed by atoms with Crippen LogP contribution < -0.4 is 9.47 Å². The number of rotatable bonds is 12. The summed E-state index contributed by atoms with van der Waals surface area (Å²) in [5, 5.41) is 0. The third kappa shape index (κ3) is 7.16. The minimum absolute atomic E-state index is 0.169. The third-order valence-electron chi connectivity index (χ3n) is 8.45. The van der Waals surface area contributed by atoms with Crippen LogP contribution in [0.3, 0.4) is 0 Å². The highest BCUT2D eigenvalue weighted by atomic mass is 16.5. The molecule has 208 valence electrons. The molecule has 1 saturated heterocycles. The Morgan fingerprint density at radius 2 is 2.05 bits per heavy atom. The number of ether oxygens (including phenoxy) is 2. The maximum absolute atomic E-state index is 13.1. The molecule has 2 unspecified atom stereocenters. The van der Waals surface area contributed by atoms with E-state index in [1.165, 1.54) is 50.5 Å². The van der Waals surface area contributed by atoms with Crippen molar-refractivity contribution in [2.45, 2.75) is 117 Å². The molecule has 0 amide bonds. The lowest BCUT2D eigenvalue weighted by molar-refractivity contribution is -0.134. The quantitative estimate of drug-likeness (QED) is 0.161. The van der Waals surface area contributed by atoms with E-state index >= 15 is 0 Å². The van der Waals surface area contributed by atoms with Gasteiger partial charge in [0.05, 0.1) is 5.56 Å². The molecule has 2 aliphatic heterocycles. The van der Waals surface area contributed by atoms with Gasteiger partial charge in [0, 0.05) is 36.0 Å². The Balaban J connectivity index is 1.52. The van der Waals surface area contributed by atoms with Gasteiger partial charge in [-0.15, -0.1) is 0 Å². The van der Waals surface area contributed by atoms with Crippen molar-refractivity contribution in [2.75, 3.05) is 13.1 Å². The third-order valence-corrected chi connectivity index (χ3v) is 8.45. The first-order valence-electron chi connectivity index (χ1n) is 15.0. The van der Waals surface area contributed by atoms with Crippen LogP contribution in [0, 0.1) is 5.92 Å². The van der Waals surface area contributed by atoms with E-state index in [0.29, 0.717) is 24.1 Å². The average Bonchev–Trinajstić information content (AvgIpc) is 2.88. The van der Waals surface area contributed by atoms with Gasteiger partial charge >= 0.3 is 5.97 Å². The fraction of sp³-hybridized carbons (Fsp3) is 0.636. The van der Waals surface area contributed by atoms with Crippen LogP contribution in [0.1, 0.15) is 110 Å². The van der Waals surface area contributed by atoms with E-state index in [1.54, 1.807) is 6.20 Å². The second-order valence-electron chi connectivity index (χ2n) is 12.1. The maximum Gasteiger partial charge on any atom is 0.311 e. The van der Waals surface area contributed by atoms with Crippen molar-refractivity contribution in [1.29, 1.82) is 0 Å². The van der Waals surface area contributed by atoms with Crippen LogP contribution in [0.25, 0.3) is 11.1 Å². The lowest BCUT2D eigenvalue weighted by Crippen LogP contribution is -2.38. The Labute approximate surface area is 230 Å². The Hall–Kier alpha value is -2.40. The molecular formula is C33H48N2O3. The molecule has 38 heavy (non-hydrogen) atoms. The van der Waals surface area contributed by atoms with E-state index in [1.807, 2.05) is 12.3 Å². The molecule has 1 fully saturated rings. The van der Waals surface area contributed by atoms with Gasteiger partial charge in [-0.2, -0.15) is 0 Å². The largest absolute Gasteiger partial charge is 0.482 e. The summed E-state index contributed by atoms with van der Waals surface area (Å²) in [4.78, 5) is 20.0. The number of piperidine rings is 1. The molecule has 2 aliphatic rings. The van der Waals surface area contributed by atoms with Crippen molar-refractivity contribution in [2.24, 2.45) is 5.92 Å². The van der Waals surface area contributed by atoms with Gasteiger partial charge in [-0.3, -0.25) is 9.78 Å². The summed E-state index contributed by atoms with van der Waals surface area (Å²) in [6.07, 6.45) is 15.9. The zero-order valence-corrected chi connectivity index (χ0v) is 24.4. The first-order valence-corrected chi connectivity index (χ1v) is 15.0. The number of carbonyl (C=O) groups excluding carboxylic acids is 1. The number of hydrogen-bond acceptors (Lipinski definition) is 5. The minimum atomic E-state index is -0.482. The number of aryl methyl sites for hydroxylation is 1. The SMILES string of the molecule is CCCCCC(C)CCc1cc(OC(=O)CCCN2CCCCC2C)c2c(c1)OC(C)(C)c1ccncc1-2. The van der Waals surface area contributed by atoms with Crippen LogP contribution in [-0.2, 0) is 16.8 Å². The molecule has 0 N–H and O–H groups in total. The molecule has 2 atom stereocenters. The molecule has 2 aromatic rings. The second kappa shape index (κ2) is 13.1. The van der Waals surface area contributed by atoms with Crippen molar-refractivity contribution < 1.29 is 14.3 Å². The number of fused-ring (bicyclic) bond motifs is 3. The molecule has 0 radical (unpaired) electrons. The highest BCUT2D eigenvalue weighted by molar-refractivity contribution is 5.84. The van der Waals surface area contributed by atoms with E-state index in [-0.39, 0.29) is 5.97 Å². The summed E-state index contributed by atoms with van der Waals surface area (Å²) < 4.78 is 12.7. The minimum Gasteiger partial charge on any atom is -0.482 e. The average molecular weight is 521 g/mol. The van der Waals surface area contributed by atoms with E-state index in [9.17, 15) is 4.79 Å². The van der Waals surface area contributed by atoms with Crippen molar-refractivity contribution in [1.82, 2.24) is 9.88 Å². The van der Waals surface area contributed by atoms with Gasteiger partial charge in [-0.05, 0) is 95.6 Å². The van der Waals surface area contributed by atoms with Crippen molar-refractivity contribution in [3.05, 3.63) is 41.7 Å². The fourth-order valence-corrected chi connectivity index (χ4v) is 6.05. The first kappa shape index (κ1) is 28.6. The molecule has 1 aromatic heterocycles. The number of likely N-dealkylation sites (tertiary alicyclic amines) is 1. The van der Waals surface area contributed by atoms with Crippen LogP contribution in [0.5, 0.6) is 11.5 Å². The van der Waals surface area contributed by atoms with Gasteiger partial charge < -0.3 is 14.4 Å². The van der Waals surface area contributed by atoms with Gasteiger partial charge in [0.25, 0.3) is 0 Å². The molecule has 0 spiro atoms. The summed E-state index contributed by atoms with van der Waals surface area (Å²) in [6.45, 7) is 13.2. The summed E-state index contributed by atoms with van der Waals surface area (Å²) in [6, 6.07) is 6.84. The van der Waals surface area contributed by atoms with Gasteiger partial charge in [-0.1, -0.05) is 46.0 Å². The molecule has 1 aromatic carbocycles. The molecule has 0 bridgehead atoms. The monoisotopic (exact) mass is 520 g/mol. The van der Waals surface area contributed by atoms with E-state index < -0.39 is 5.60 Å². The number of unbranched alkanes of at least 4 members (excludes halogenated alkanes) is 2. The Morgan fingerprint density at radius 3 is 2.84 bits per heavy atom. The summed E-state index contributed by atoms with van der Waals surface area (Å²) in [5.41, 5.74) is 3.59. The topological polar surface area (TPSA) is 51.7 Å². The Kier molecular flexibility index (Phi) is 9.86. The highest BCUT2D eigenvalue weighted by Crippen LogP contribution is 2.49. The van der Waals surface area contributed by atoms with Gasteiger partial charge in [-0.25, -0.2) is 0 Å². The van der Waals surface area contributed by atoms with Crippen molar-refractivity contribution in [3.63, 3.8) is 0 Å². The van der Waals surface area contributed by atoms with Gasteiger partial charge in [0.1, 0.15) is 17.1 Å². The Morgan fingerprint density at radius 1 is 1.21 bits per heavy atom. The molecular weight excluding hydrogens is 472 g/mol. The number of carbonyl (C=O) groups is 1. The van der Waals surface area contributed by atoms with Gasteiger partial charge in [0.15, 0.2) is 0 Å². The highest BCUT2D eigenvalue weighted by Gasteiger charge is 2.35. The number of benzene rings is 1. The lowest BCUT2D eigenvalue weighted by Gasteiger charge is -2.35. The van der Waals surface area contributed by atoms with Crippen LogP contribution in [-0.4, -0.2) is 35.0 Å². The zero-order valence-electron chi connectivity index (χ0n) is 24.4. The number of pyridine rings is 1. The first-order chi connectivity index (χ1) is 18.3. The normalized spacial score (nSPS) is 19.2. The standard InChI is InChI=1S/C33H48N2O3/c1-6-7-8-12-24(2)15-16-26-21-29(37-31(36)14-11-20-35-19-10-9-13-25(35)3)32-27-23-34-18-17-28(27)33(4,5)38-30(32)22-26/h17-18,21-25H,6-16,19-20H2,1-5H3. The maximum atomic E-state index is 13.1. The van der Waals surface area contributed by atoms with Gasteiger partial charge in [0.2, 0.25) is 0 Å². The summed E-state index contributed by atoms with van der Waals surface area (Å²) in [5.74, 6) is 1.90. The molecule has 4 rings (SSSR count).